The molecule has 0 atom stereocenters. The fourth-order valence-corrected chi connectivity index (χ4v) is 3.32. The van der Waals surface area contributed by atoms with Gasteiger partial charge in [-0.15, -0.1) is 0 Å². The van der Waals surface area contributed by atoms with Crippen LogP contribution in [0.25, 0.3) is 0 Å². The van der Waals surface area contributed by atoms with Crippen LogP contribution in [-0.4, -0.2) is 50.0 Å². The highest BCUT2D eigenvalue weighted by atomic mass is 19.1. The lowest BCUT2D eigenvalue weighted by molar-refractivity contribution is 0.0926. The van der Waals surface area contributed by atoms with Crippen LogP contribution in [0.15, 0.2) is 54.8 Å². The Morgan fingerprint density at radius 2 is 1.89 bits per heavy atom. The predicted octanol–water partition coefficient (Wildman–Crippen LogP) is 3.12. The number of ether oxygens (including phenoxy) is 2. The number of halogens is 1. The molecule has 0 unspecified atom stereocenters. The second kappa shape index (κ2) is 7.80. The first-order valence-electron chi connectivity index (χ1n) is 9.04. The lowest BCUT2D eigenvalue weighted by Crippen LogP contribution is -2.48. The molecule has 0 spiro atoms. The Morgan fingerprint density at radius 1 is 1.04 bits per heavy atom. The van der Waals surface area contributed by atoms with Gasteiger partial charge in [0.25, 0.3) is 0 Å². The van der Waals surface area contributed by atoms with Crippen LogP contribution in [0.4, 0.5) is 10.1 Å². The fourth-order valence-electron chi connectivity index (χ4n) is 3.32. The van der Waals surface area contributed by atoms with Gasteiger partial charge in [-0.3, -0.25) is 9.69 Å². The van der Waals surface area contributed by atoms with Gasteiger partial charge in [-0.1, -0.05) is 6.07 Å². The molecule has 2 aromatic carbocycles. The van der Waals surface area contributed by atoms with Crippen molar-refractivity contribution in [1.29, 1.82) is 0 Å². The van der Waals surface area contributed by atoms with Gasteiger partial charge in [0, 0.05) is 37.4 Å². The lowest BCUT2D eigenvalue weighted by atomic mass is 10.1. The normalized spacial score (nSPS) is 16.9. The van der Waals surface area contributed by atoms with Gasteiger partial charge in [0.1, 0.15) is 12.4 Å². The van der Waals surface area contributed by atoms with Gasteiger partial charge in [0.15, 0.2) is 17.3 Å². The summed E-state index contributed by atoms with van der Waals surface area (Å²) in [5.41, 5.74) is 1.50. The number of rotatable bonds is 4. The van der Waals surface area contributed by atoms with Crippen molar-refractivity contribution in [1.82, 2.24) is 4.90 Å². The number of piperazine rings is 1. The number of hydrogen-bond acceptors (Lipinski definition) is 5. The molecule has 0 N–H and O–H groups in total. The van der Waals surface area contributed by atoms with Gasteiger partial charge in [0.2, 0.25) is 0 Å². The molecule has 140 valence electrons. The Labute approximate surface area is 157 Å². The molecule has 2 aliphatic heterocycles. The minimum absolute atomic E-state index is 0.0535. The summed E-state index contributed by atoms with van der Waals surface area (Å²) in [6, 6.07) is 11.9. The monoisotopic (exact) mass is 368 g/mol. The highest BCUT2D eigenvalue weighted by Gasteiger charge is 2.21. The molecule has 2 heterocycles. The Hall–Kier alpha value is -2.86. The number of nitrogens with zero attached hydrogens (tertiary/aromatic N) is 2. The third-order valence-electron chi connectivity index (χ3n) is 4.80. The topological polar surface area (TPSA) is 42.0 Å². The SMILES string of the molecule is O=C(CN1CCN(c2cccc(F)c2)CC1)c1ccc2c(c1)OCC=CO2. The Morgan fingerprint density at radius 3 is 2.70 bits per heavy atom. The average molecular weight is 368 g/mol. The zero-order valence-electron chi connectivity index (χ0n) is 14.9. The van der Waals surface area contributed by atoms with Crippen LogP contribution in [0.2, 0.25) is 0 Å². The maximum atomic E-state index is 13.4. The van der Waals surface area contributed by atoms with Crippen molar-refractivity contribution in [2.75, 3.05) is 44.2 Å². The van der Waals surface area contributed by atoms with Gasteiger partial charge in [0.05, 0.1) is 12.8 Å². The molecule has 27 heavy (non-hydrogen) atoms. The maximum absolute atomic E-state index is 13.4. The Balaban J connectivity index is 1.35. The molecule has 1 fully saturated rings. The molecule has 0 aliphatic carbocycles. The molecule has 2 aromatic rings. The Kier molecular flexibility index (Phi) is 5.07. The third kappa shape index (κ3) is 4.11. The van der Waals surface area contributed by atoms with E-state index in [9.17, 15) is 9.18 Å². The molecule has 4 rings (SSSR count). The van der Waals surface area contributed by atoms with Crippen LogP contribution >= 0.6 is 0 Å². The molecule has 5 nitrogen and oxygen atoms in total. The van der Waals surface area contributed by atoms with Crippen LogP contribution < -0.4 is 14.4 Å². The summed E-state index contributed by atoms with van der Waals surface area (Å²) in [7, 11) is 0. The maximum Gasteiger partial charge on any atom is 0.176 e. The van der Waals surface area contributed by atoms with Gasteiger partial charge in [-0.25, -0.2) is 4.39 Å². The number of carbonyl (C=O) groups is 1. The van der Waals surface area contributed by atoms with Crippen LogP contribution in [0.1, 0.15) is 10.4 Å². The number of benzene rings is 2. The molecular weight excluding hydrogens is 347 g/mol. The van der Waals surface area contributed by atoms with E-state index in [4.69, 9.17) is 9.47 Å². The van der Waals surface area contributed by atoms with Gasteiger partial charge < -0.3 is 14.4 Å². The van der Waals surface area contributed by atoms with Crippen LogP contribution in [0.3, 0.4) is 0 Å². The van der Waals surface area contributed by atoms with Crippen LogP contribution in [0.5, 0.6) is 11.5 Å². The summed E-state index contributed by atoms with van der Waals surface area (Å²) in [5, 5.41) is 0. The summed E-state index contributed by atoms with van der Waals surface area (Å²) in [6.45, 7) is 3.84. The standard InChI is InChI=1S/C21H21FN2O3/c22-17-3-1-4-18(14-17)24-9-7-23(8-10-24)15-19(25)16-5-6-20-21(13-16)27-12-2-11-26-20/h1-6,11,13-14H,7-10,12,15H2. The van der Waals surface area contributed by atoms with Crippen molar-refractivity contribution in [3.05, 3.63) is 66.2 Å². The first kappa shape index (κ1) is 17.5. The van der Waals surface area contributed by atoms with E-state index < -0.39 is 0 Å². The molecular formula is C21H21FN2O3. The molecule has 2 aliphatic rings. The fraction of sp³-hybridized carbons (Fsp3) is 0.286. The van der Waals surface area contributed by atoms with Crippen molar-refractivity contribution in [2.45, 2.75) is 0 Å². The van der Waals surface area contributed by atoms with Crippen LogP contribution in [0, 0.1) is 5.82 Å². The lowest BCUT2D eigenvalue weighted by Gasteiger charge is -2.35. The molecule has 0 saturated carbocycles. The van der Waals surface area contributed by atoms with E-state index in [2.05, 4.69) is 9.80 Å². The van der Waals surface area contributed by atoms with E-state index in [0.29, 0.717) is 30.2 Å². The quantitative estimate of drug-likeness (QED) is 0.776. The van der Waals surface area contributed by atoms with Crippen LogP contribution in [-0.2, 0) is 0 Å². The zero-order valence-corrected chi connectivity index (χ0v) is 14.9. The molecule has 6 heteroatoms. The van der Waals surface area contributed by atoms with E-state index in [1.165, 1.54) is 6.07 Å². The first-order valence-corrected chi connectivity index (χ1v) is 9.04. The minimum Gasteiger partial charge on any atom is -0.485 e. The number of hydrogen-bond donors (Lipinski definition) is 0. The highest BCUT2D eigenvalue weighted by Crippen LogP contribution is 2.30. The summed E-state index contributed by atoms with van der Waals surface area (Å²) < 4.78 is 24.4. The largest absolute Gasteiger partial charge is 0.485 e. The highest BCUT2D eigenvalue weighted by molar-refractivity contribution is 5.98. The van der Waals surface area contributed by atoms with Crippen molar-refractivity contribution in [2.24, 2.45) is 0 Å². The van der Waals surface area contributed by atoms with E-state index in [1.807, 2.05) is 6.07 Å². The van der Waals surface area contributed by atoms with Crippen molar-refractivity contribution >= 4 is 11.5 Å². The number of Topliss-reactive ketones (excluding diaryl/α,β-unsaturated/α-hetero) is 1. The molecule has 0 aromatic heterocycles. The van der Waals surface area contributed by atoms with E-state index in [1.54, 1.807) is 42.7 Å². The average Bonchev–Trinajstić information content (AvgIpc) is 2.93. The van der Waals surface area contributed by atoms with Gasteiger partial charge in [-0.05, 0) is 42.5 Å². The summed E-state index contributed by atoms with van der Waals surface area (Å²) in [5.74, 6) is 1.03. The number of fused-ring (bicyclic) bond motifs is 1. The smallest absolute Gasteiger partial charge is 0.176 e. The summed E-state index contributed by atoms with van der Waals surface area (Å²) >= 11 is 0. The molecule has 1 saturated heterocycles. The van der Waals surface area contributed by atoms with E-state index >= 15 is 0 Å². The van der Waals surface area contributed by atoms with Crippen molar-refractivity contribution < 1.29 is 18.7 Å². The van der Waals surface area contributed by atoms with E-state index in [0.717, 1.165) is 31.9 Å². The second-order valence-electron chi connectivity index (χ2n) is 6.63. The second-order valence-corrected chi connectivity index (χ2v) is 6.63. The predicted molar refractivity (Wildman–Crippen MR) is 101 cm³/mol. The summed E-state index contributed by atoms with van der Waals surface area (Å²) in [6.07, 6.45) is 3.37. The van der Waals surface area contributed by atoms with E-state index in [-0.39, 0.29) is 11.6 Å². The molecule has 0 bridgehead atoms. The summed E-state index contributed by atoms with van der Waals surface area (Å²) in [4.78, 5) is 16.9. The first-order chi connectivity index (χ1) is 13.2. The minimum atomic E-state index is -0.227. The molecule has 0 amide bonds. The number of carbonyl (C=O) groups excluding carboxylic acids is 1. The zero-order chi connectivity index (χ0) is 18.6. The molecule has 0 radical (unpaired) electrons. The van der Waals surface area contributed by atoms with Gasteiger partial charge in [-0.2, -0.15) is 0 Å². The Bertz CT molecular complexity index is 860. The number of ketones is 1. The third-order valence-corrected chi connectivity index (χ3v) is 4.80. The van der Waals surface area contributed by atoms with Crippen molar-refractivity contribution in [3.8, 4) is 11.5 Å². The van der Waals surface area contributed by atoms with Crippen molar-refractivity contribution in [3.63, 3.8) is 0 Å². The number of anilines is 1. The van der Waals surface area contributed by atoms with Gasteiger partial charge >= 0.3 is 0 Å².